The molecule has 0 aromatic heterocycles. The first-order chi connectivity index (χ1) is 4.91. The lowest BCUT2D eigenvalue weighted by Gasteiger charge is -1.93. The SMILES string of the molecule is O=C=NCCCSCCO. The molecule has 0 aromatic rings. The van der Waals surface area contributed by atoms with Crippen LogP contribution in [-0.4, -0.2) is 35.8 Å². The van der Waals surface area contributed by atoms with E-state index in [1.165, 1.54) is 6.08 Å². The van der Waals surface area contributed by atoms with E-state index in [-0.39, 0.29) is 6.61 Å². The lowest BCUT2D eigenvalue weighted by molar-refractivity contribution is 0.322. The molecule has 0 unspecified atom stereocenters. The predicted octanol–water partition coefficient (Wildman–Crippen LogP) is 0.438. The summed E-state index contributed by atoms with van der Waals surface area (Å²) in [6.45, 7) is 0.781. The van der Waals surface area contributed by atoms with Crippen LogP contribution in [0.15, 0.2) is 4.99 Å². The maximum Gasteiger partial charge on any atom is 0.234 e. The Labute approximate surface area is 64.5 Å². The summed E-state index contributed by atoms with van der Waals surface area (Å²) < 4.78 is 0. The summed E-state index contributed by atoms with van der Waals surface area (Å²) >= 11 is 1.66. The van der Waals surface area contributed by atoms with Crippen molar-refractivity contribution in [2.75, 3.05) is 24.7 Å². The van der Waals surface area contributed by atoms with Gasteiger partial charge in [-0.05, 0) is 12.2 Å². The van der Waals surface area contributed by atoms with E-state index in [4.69, 9.17) is 5.11 Å². The topological polar surface area (TPSA) is 49.7 Å². The van der Waals surface area contributed by atoms with E-state index in [0.29, 0.717) is 6.54 Å². The highest BCUT2D eigenvalue weighted by Gasteiger charge is 1.86. The zero-order valence-electron chi connectivity index (χ0n) is 5.75. The molecule has 0 aliphatic carbocycles. The lowest BCUT2D eigenvalue weighted by Crippen LogP contribution is -1.90. The van der Waals surface area contributed by atoms with Crippen molar-refractivity contribution >= 4 is 17.8 Å². The highest BCUT2D eigenvalue weighted by Crippen LogP contribution is 2.00. The van der Waals surface area contributed by atoms with E-state index in [9.17, 15) is 4.79 Å². The largest absolute Gasteiger partial charge is 0.396 e. The molecule has 0 aromatic carbocycles. The van der Waals surface area contributed by atoms with E-state index < -0.39 is 0 Å². The van der Waals surface area contributed by atoms with Gasteiger partial charge in [0, 0.05) is 5.75 Å². The van der Waals surface area contributed by atoms with Gasteiger partial charge >= 0.3 is 0 Å². The van der Waals surface area contributed by atoms with Crippen LogP contribution in [0.25, 0.3) is 0 Å². The van der Waals surface area contributed by atoms with Gasteiger partial charge in [-0.3, -0.25) is 0 Å². The van der Waals surface area contributed by atoms with Gasteiger partial charge in [0.05, 0.1) is 13.2 Å². The molecular weight excluding hydrogens is 150 g/mol. The number of hydrogen-bond donors (Lipinski definition) is 1. The maximum atomic E-state index is 9.56. The van der Waals surface area contributed by atoms with Crippen LogP contribution in [-0.2, 0) is 4.79 Å². The number of aliphatic imine (C=N–C) groups is 1. The van der Waals surface area contributed by atoms with Crippen molar-refractivity contribution < 1.29 is 9.90 Å². The molecule has 0 atom stereocenters. The number of aliphatic hydroxyl groups is 1. The highest BCUT2D eigenvalue weighted by molar-refractivity contribution is 7.99. The van der Waals surface area contributed by atoms with Crippen LogP contribution in [0, 0.1) is 0 Å². The number of rotatable bonds is 6. The Kier molecular flexibility index (Phi) is 8.42. The second-order valence-electron chi connectivity index (χ2n) is 1.66. The Morgan fingerprint density at radius 1 is 1.50 bits per heavy atom. The van der Waals surface area contributed by atoms with Gasteiger partial charge in [0.1, 0.15) is 0 Å². The molecule has 0 rings (SSSR count). The van der Waals surface area contributed by atoms with Gasteiger partial charge in [-0.15, -0.1) is 0 Å². The molecule has 58 valence electrons. The van der Waals surface area contributed by atoms with Crippen molar-refractivity contribution in [3.63, 3.8) is 0 Å². The molecule has 3 nitrogen and oxygen atoms in total. The maximum absolute atomic E-state index is 9.56. The van der Waals surface area contributed by atoms with Gasteiger partial charge in [-0.1, -0.05) is 0 Å². The molecule has 0 saturated heterocycles. The number of thioether (sulfide) groups is 1. The highest BCUT2D eigenvalue weighted by atomic mass is 32.2. The standard InChI is InChI=1S/C6H11NO2S/c8-3-5-10-4-1-2-7-6-9/h8H,1-5H2. The molecule has 0 amide bonds. The van der Waals surface area contributed by atoms with Gasteiger partial charge in [-0.2, -0.15) is 11.8 Å². The number of nitrogens with zero attached hydrogens (tertiary/aromatic N) is 1. The van der Waals surface area contributed by atoms with Crippen LogP contribution < -0.4 is 0 Å². The third kappa shape index (κ3) is 7.69. The number of carbonyl (C=O) groups excluding carboxylic acids is 1. The Bertz CT molecular complexity index is 112. The number of hydrogen-bond acceptors (Lipinski definition) is 4. The summed E-state index contributed by atoms with van der Waals surface area (Å²) in [5.74, 6) is 1.72. The summed E-state index contributed by atoms with van der Waals surface area (Å²) in [5.41, 5.74) is 0. The first kappa shape index (κ1) is 9.69. The minimum Gasteiger partial charge on any atom is -0.396 e. The molecule has 0 aliphatic rings. The third-order valence-corrected chi connectivity index (χ3v) is 1.91. The van der Waals surface area contributed by atoms with Gasteiger partial charge in [-0.25, -0.2) is 9.79 Å². The summed E-state index contributed by atoms with van der Waals surface area (Å²) in [6, 6.07) is 0. The van der Waals surface area contributed by atoms with E-state index in [0.717, 1.165) is 17.9 Å². The average Bonchev–Trinajstić information content (AvgIpc) is 1.97. The zero-order valence-corrected chi connectivity index (χ0v) is 6.56. The molecule has 1 N–H and O–H groups in total. The van der Waals surface area contributed by atoms with Crippen molar-refractivity contribution in [3.05, 3.63) is 0 Å². The summed E-state index contributed by atoms with van der Waals surface area (Å²) in [4.78, 5) is 12.9. The Hall–Kier alpha value is -0.310. The fraction of sp³-hybridized carbons (Fsp3) is 0.833. The van der Waals surface area contributed by atoms with Crippen LogP contribution in [0.5, 0.6) is 0 Å². The minimum atomic E-state index is 0.224. The first-order valence-electron chi connectivity index (χ1n) is 3.14. The first-order valence-corrected chi connectivity index (χ1v) is 4.29. The fourth-order valence-electron chi connectivity index (χ4n) is 0.458. The molecule has 0 heterocycles. The van der Waals surface area contributed by atoms with Crippen molar-refractivity contribution in [1.82, 2.24) is 0 Å². The molecular formula is C6H11NO2S. The van der Waals surface area contributed by atoms with E-state index in [2.05, 4.69) is 4.99 Å². The van der Waals surface area contributed by atoms with Gasteiger partial charge in [0.15, 0.2) is 0 Å². The van der Waals surface area contributed by atoms with Crippen LogP contribution in [0.4, 0.5) is 0 Å². The number of aliphatic hydroxyl groups excluding tert-OH is 1. The predicted molar refractivity (Wildman–Crippen MR) is 42.0 cm³/mol. The molecule has 0 fully saturated rings. The molecule has 0 aliphatic heterocycles. The van der Waals surface area contributed by atoms with Gasteiger partial charge < -0.3 is 5.11 Å². The monoisotopic (exact) mass is 161 g/mol. The lowest BCUT2D eigenvalue weighted by atomic mass is 10.5. The Morgan fingerprint density at radius 2 is 2.30 bits per heavy atom. The van der Waals surface area contributed by atoms with Crippen LogP contribution in [0.3, 0.4) is 0 Å². The zero-order chi connectivity index (χ0) is 7.66. The molecule has 4 heteroatoms. The normalized spacial score (nSPS) is 8.90. The second-order valence-corrected chi connectivity index (χ2v) is 2.89. The van der Waals surface area contributed by atoms with Crippen LogP contribution in [0.1, 0.15) is 6.42 Å². The van der Waals surface area contributed by atoms with Crippen molar-refractivity contribution in [1.29, 1.82) is 0 Å². The summed E-state index contributed by atoms with van der Waals surface area (Å²) in [7, 11) is 0. The van der Waals surface area contributed by atoms with Gasteiger partial charge in [0.2, 0.25) is 6.08 Å². The van der Waals surface area contributed by atoms with E-state index in [1.54, 1.807) is 11.8 Å². The van der Waals surface area contributed by atoms with Crippen LogP contribution >= 0.6 is 11.8 Å². The summed E-state index contributed by atoms with van der Waals surface area (Å²) in [6.07, 6.45) is 2.36. The molecule has 0 saturated carbocycles. The number of isocyanates is 1. The molecule has 0 spiro atoms. The average molecular weight is 161 g/mol. The molecule has 0 radical (unpaired) electrons. The third-order valence-electron chi connectivity index (χ3n) is 0.859. The van der Waals surface area contributed by atoms with E-state index >= 15 is 0 Å². The second kappa shape index (κ2) is 8.69. The van der Waals surface area contributed by atoms with Crippen molar-refractivity contribution in [2.45, 2.75) is 6.42 Å². The summed E-state index contributed by atoms with van der Waals surface area (Å²) in [5, 5.41) is 8.36. The van der Waals surface area contributed by atoms with Crippen molar-refractivity contribution in [2.24, 2.45) is 4.99 Å². The van der Waals surface area contributed by atoms with E-state index in [1.807, 2.05) is 0 Å². The minimum absolute atomic E-state index is 0.224. The Balaban J connectivity index is 2.83. The quantitative estimate of drug-likeness (QED) is 0.349. The van der Waals surface area contributed by atoms with Crippen LogP contribution in [0.2, 0.25) is 0 Å². The smallest absolute Gasteiger partial charge is 0.234 e. The molecule has 0 bridgehead atoms. The fourth-order valence-corrected chi connectivity index (χ4v) is 1.12. The molecule has 10 heavy (non-hydrogen) atoms. The van der Waals surface area contributed by atoms with Crippen molar-refractivity contribution in [3.8, 4) is 0 Å². The van der Waals surface area contributed by atoms with Gasteiger partial charge in [0.25, 0.3) is 0 Å². The Morgan fingerprint density at radius 3 is 2.90 bits per heavy atom.